The van der Waals surface area contributed by atoms with Crippen LogP contribution in [0.5, 0.6) is 5.75 Å². The van der Waals surface area contributed by atoms with Crippen molar-refractivity contribution in [1.29, 1.82) is 0 Å². The van der Waals surface area contributed by atoms with Gasteiger partial charge in [-0.15, -0.1) is 0 Å². The van der Waals surface area contributed by atoms with E-state index in [1.54, 1.807) is 12.1 Å². The molecule has 128 valence electrons. The summed E-state index contributed by atoms with van der Waals surface area (Å²) >= 11 is 0. The van der Waals surface area contributed by atoms with Crippen LogP contribution < -0.4 is 0 Å². The van der Waals surface area contributed by atoms with Crippen LogP contribution in [0.2, 0.25) is 0 Å². The Morgan fingerprint density at radius 1 is 0.875 bits per heavy atom. The van der Waals surface area contributed by atoms with Gasteiger partial charge in [0, 0.05) is 5.56 Å². The summed E-state index contributed by atoms with van der Waals surface area (Å²) in [5.41, 5.74) is 2.62. The first-order chi connectivity index (χ1) is 11.6. The number of aromatic hydroxyl groups is 1. The fourth-order valence-electron chi connectivity index (χ4n) is 3.03. The molecule has 0 spiro atoms. The van der Waals surface area contributed by atoms with E-state index in [9.17, 15) is 15.0 Å². The van der Waals surface area contributed by atoms with Gasteiger partial charge in [0.15, 0.2) is 0 Å². The molecule has 2 aromatic carbocycles. The highest BCUT2D eigenvalue weighted by atomic mass is 16.4. The molecule has 2 aromatic rings. The lowest BCUT2D eigenvalue weighted by Gasteiger charge is -2.12. The maximum Gasteiger partial charge on any atom is 0.339 e. The van der Waals surface area contributed by atoms with Crippen molar-refractivity contribution in [3.8, 4) is 16.9 Å². The van der Waals surface area contributed by atoms with Crippen molar-refractivity contribution in [2.75, 3.05) is 0 Å². The zero-order valence-electron chi connectivity index (χ0n) is 14.3. The number of carboxylic acid groups (broad SMARTS) is 1. The Morgan fingerprint density at radius 3 is 2.29 bits per heavy atom. The first kappa shape index (κ1) is 18.1. The molecule has 0 fully saturated rings. The van der Waals surface area contributed by atoms with Crippen LogP contribution >= 0.6 is 0 Å². The normalized spacial score (nSPS) is 10.7. The van der Waals surface area contributed by atoms with Gasteiger partial charge in [-0.3, -0.25) is 0 Å². The summed E-state index contributed by atoms with van der Waals surface area (Å²) in [6.45, 7) is 2.22. The second-order valence-corrected chi connectivity index (χ2v) is 6.18. The minimum Gasteiger partial charge on any atom is -0.506 e. The molecule has 0 heterocycles. The van der Waals surface area contributed by atoms with Crippen molar-refractivity contribution in [1.82, 2.24) is 0 Å². The fraction of sp³-hybridized carbons (Fsp3) is 0.381. The molecule has 3 nitrogen and oxygen atoms in total. The van der Waals surface area contributed by atoms with Gasteiger partial charge in [-0.1, -0.05) is 75.4 Å². The largest absolute Gasteiger partial charge is 0.506 e. The number of phenols is 1. The molecule has 0 aliphatic carbocycles. The molecule has 0 amide bonds. The van der Waals surface area contributed by atoms with E-state index >= 15 is 0 Å². The van der Waals surface area contributed by atoms with Crippen LogP contribution in [0.15, 0.2) is 42.5 Å². The molecule has 0 atom stereocenters. The van der Waals surface area contributed by atoms with E-state index in [1.165, 1.54) is 38.2 Å². The lowest BCUT2D eigenvalue weighted by atomic mass is 9.94. The number of rotatable bonds is 9. The maximum atomic E-state index is 11.2. The van der Waals surface area contributed by atoms with E-state index < -0.39 is 5.97 Å². The predicted molar refractivity (Wildman–Crippen MR) is 97.6 cm³/mol. The van der Waals surface area contributed by atoms with Crippen molar-refractivity contribution < 1.29 is 15.0 Å². The van der Waals surface area contributed by atoms with Crippen molar-refractivity contribution in [3.05, 3.63) is 53.6 Å². The number of carboxylic acids is 1. The molecular formula is C21H26O3. The number of hydrogen-bond acceptors (Lipinski definition) is 2. The van der Waals surface area contributed by atoms with Gasteiger partial charge in [0.25, 0.3) is 0 Å². The second-order valence-electron chi connectivity index (χ2n) is 6.18. The minimum absolute atomic E-state index is 0.0538. The van der Waals surface area contributed by atoms with Gasteiger partial charge in [-0.25, -0.2) is 4.79 Å². The SMILES string of the molecule is CCCCCCCCc1ccccc1-c1cccc(C(=O)O)c1O. The molecule has 2 N–H and O–H groups in total. The van der Waals surface area contributed by atoms with Crippen LogP contribution in [0, 0.1) is 0 Å². The van der Waals surface area contributed by atoms with Crippen LogP contribution in [-0.2, 0) is 6.42 Å². The Balaban J connectivity index is 2.14. The van der Waals surface area contributed by atoms with E-state index in [4.69, 9.17) is 0 Å². The van der Waals surface area contributed by atoms with Gasteiger partial charge in [-0.05, 0) is 30.0 Å². The number of aromatic carboxylic acids is 1. The zero-order valence-corrected chi connectivity index (χ0v) is 14.3. The Kier molecular flexibility index (Phi) is 6.86. The van der Waals surface area contributed by atoms with E-state index in [1.807, 2.05) is 18.2 Å². The number of carbonyl (C=O) groups is 1. The lowest BCUT2D eigenvalue weighted by Crippen LogP contribution is -1.98. The summed E-state index contributed by atoms with van der Waals surface area (Å²) < 4.78 is 0. The number of unbranched alkanes of at least 4 members (excludes halogenated alkanes) is 5. The highest BCUT2D eigenvalue weighted by Gasteiger charge is 2.15. The molecule has 24 heavy (non-hydrogen) atoms. The van der Waals surface area contributed by atoms with Crippen LogP contribution in [0.25, 0.3) is 11.1 Å². The van der Waals surface area contributed by atoms with Gasteiger partial charge in [0.05, 0.1) is 0 Å². The molecule has 0 saturated carbocycles. The average Bonchev–Trinajstić information content (AvgIpc) is 2.58. The van der Waals surface area contributed by atoms with Gasteiger partial charge in [0.1, 0.15) is 11.3 Å². The third kappa shape index (κ3) is 4.60. The predicted octanol–water partition coefficient (Wildman–Crippen LogP) is 5.66. The van der Waals surface area contributed by atoms with Crippen molar-refractivity contribution in [2.45, 2.75) is 51.9 Å². The Morgan fingerprint density at radius 2 is 1.54 bits per heavy atom. The summed E-state index contributed by atoms with van der Waals surface area (Å²) in [5.74, 6) is -1.26. The molecule has 0 saturated heterocycles. The van der Waals surface area contributed by atoms with Crippen LogP contribution in [0.1, 0.15) is 61.4 Å². The Labute approximate surface area is 144 Å². The van der Waals surface area contributed by atoms with Gasteiger partial charge in [-0.2, -0.15) is 0 Å². The van der Waals surface area contributed by atoms with Gasteiger partial charge in [0.2, 0.25) is 0 Å². The lowest BCUT2D eigenvalue weighted by molar-refractivity contribution is 0.0694. The Hall–Kier alpha value is -2.29. The van der Waals surface area contributed by atoms with Gasteiger partial charge >= 0.3 is 5.97 Å². The minimum atomic E-state index is -1.11. The summed E-state index contributed by atoms with van der Waals surface area (Å²) in [5, 5.41) is 19.5. The number of aryl methyl sites for hydroxylation is 1. The smallest absolute Gasteiger partial charge is 0.339 e. The molecule has 0 radical (unpaired) electrons. The van der Waals surface area contributed by atoms with Crippen molar-refractivity contribution in [2.24, 2.45) is 0 Å². The second kappa shape index (κ2) is 9.11. The van der Waals surface area contributed by atoms with E-state index in [2.05, 4.69) is 13.0 Å². The van der Waals surface area contributed by atoms with Gasteiger partial charge < -0.3 is 10.2 Å². The molecule has 3 heteroatoms. The molecule has 0 aromatic heterocycles. The van der Waals surface area contributed by atoms with Crippen molar-refractivity contribution in [3.63, 3.8) is 0 Å². The fourth-order valence-corrected chi connectivity index (χ4v) is 3.03. The molecule has 0 unspecified atom stereocenters. The topological polar surface area (TPSA) is 57.5 Å². The number of para-hydroxylation sites is 1. The van der Waals surface area contributed by atoms with Crippen LogP contribution in [0.4, 0.5) is 0 Å². The molecule has 0 aliphatic heterocycles. The Bertz CT molecular complexity index is 677. The highest BCUT2D eigenvalue weighted by Crippen LogP contribution is 2.34. The summed E-state index contributed by atoms with van der Waals surface area (Å²) in [6, 6.07) is 12.8. The number of hydrogen-bond donors (Lipinski definition) is 2. The van der Waals surface area contributed by atoms with E-state index in [0.29, 0.717) is 5.56 Å². The highest BCUT2D eigenvalue weighted by molar-refractivity contribution is 5.94. The zero-order chi connectivity index (χ0) is 17.4. The molecule has 0 aliphatic rings. The molecular weight excluding hydrogens is 300 g/mol. The first-order valence-corrected chi connectivity index (χ1v) is 8.78. The first-order valence-electron chi connectivity index (χ1n) is 8.78. The standard InChI is InChI=1S/C21H26O3/c1-2-3-4-5-6-7-11-16-12-8-9-13-17(16)18-14-10-15-19(20(18)22)21(23)24/h8-10,12-15,22H,2-7,11H2,1H3,(H,23,24). The third-order valence-corrected chi connectivity index (χ3v) is 4.37. The van der Waals surface area contributed by atoms with Crippen LogP contribution in [-0.4, -0.2) is 16.2 Å². The van der Waals surface area contributed by atoms with Crippen LogP contribution in [0.3, 0.4) is 0 Å². The molecule has 0 bridgehead atoms. The monoisotopic (exact) mass is 326 g/mol. The third-order valence-electron chi connectivity index (χ3n) is 4.37. The summed E-state index contributed by atoms with van der Waals surface area (Å²) in [4.78, 5) is 11.2. The summed E-state index contributed by atoms with van der Waals surface area (Å²) in [6.07, 6.45) is 8.36. The molecule has 2 rings (SSSR count). The maximum absolute atomic E-state index is 11.2. The van der Waals surface area contributed by atoms with E-state index in [-0.39, 0.29) is 11.3 Å². The average molecular weight is 326 g/mol. The van der Waals surface area contributed by atoms with E-state index in [0.717, 1.165) is 24.0 Å². The summed E-state index contributed by atoms with van der Waals surface area (Å²) in [7, 11) is 0. The number of benzene rings is 2. The quantitative estimate of drug-likeness (QED) is 0.584. The van der Waals surface area contributed by atoms with Crippen molar-refractivity contribution >= 4 is 5.97 Å².